The van der Waals surface area contributed by atoms with Crippen molar-refractivity contribution in [3.05, 3.63) is 29.8 Å². The van der Waals surface area contributed by atoms with Gasteiger partial charge in [0.25, 0.3) is 0 Å². The molecule has 1 N–H and O–H groups in total. The normalized spacial score (nSPS) is 15.1. The second kappa shape index (κ2) is 10.4. The van der Waals surface area contributed by atoms with E-state index in [1.54, 1.807) is 0 Å². The van der Waals surface area contributed by atoms with E-state index < -0.39 is 23.3 Å². The number of benzene rings is 1. The molecular formula is C21H30F2N2O4. The molecule has 6 nitrogen and oxygen atoms in total. The standard InChI is InChI=1S/C21H30F2N2O4/c1-21(2,3)29-20(27)24-14-15-8-10-25(11-9-15)19(26)5-4-12-28-18-7-6-16(22)13-17(18)23/h6-7,13,15H,4-5,8-12,14H2,1-3H3,(H,24,27). The number of ether oxygens (including phenoxy) is 2. The third kappa shape index (κ3) is 8.25. The molecule has 1 fully saturated rings. The summed E-state index contributed by atoms with van der Waals surface area (Å²) >= 11 is 0. The average Bonchev–Trinajstić information content (AvgIpc) is 2.64. The summed E-state index contributed by atoms with van der Waals surface area (Å²) in [5.41, 5.74) is -0.522. The van der Waals surface area contributed by atoms with Gasteiger partial charge in [-0.15, -0.1) is 0 Å². The fourth-order valence-corrected chi connectivity index (χ4v) is 3.08. The summed E-state index contributed by atoms with van der Waals surface area (Å²) in [5.74, 6) is -1.08. The topological polar surface area (TPSA) is 67.9 Å². The van der Waals surface area contributed by atoms with Gasteiger partial charge in [0, 0.05) is 32.1 Å². The Kier molecular flexibility index (Phi) is 8.22. The second-order valence-corrected chi connectivity index (χ2v) is 8.23. The van der Waals surface area contributed by atoms with E-state index in [0.29, 0.717) is 38.4 Å². The van der Waals surface area contributed by atoms with Gasteiger partial charge in [-0.25, -0.2) is 13.6 Å². The van der Waals surface area contributed by atoms with E-state index in [-0.39, 0.29) is 18.3 Å². The van der Waals surface area contributed by atoms with Gasteiger partial charge in [0.1, 0.15) is 11.4 Å². The van der Waals surface area contributed by atoms with Crippen LogP contribution in [0.2, 0.25) is 0 Å². The first-order valence-corrected chi connectivity index (χ1v) is 9.96. The Morgan fingerprint density at radius 3 is 2.52 bits per heavy atom. The van der Waals surface area contributed by atoms with Crippen molar-refractivity contribution >= 4 is 12.0 Å². The quantitative estimate of drug-likeness (QED) is 0.690. The summed E-state index contributed by atoms with van der Waals surface area (Å²) < 4.78 is 36.8. The Bertz CT molecular complexity index is 698. The third-order valence-electron chi connectivity index (χ3n) is 4.59. The van der Waals surface area contributed by atoms with Gasteiger partial charge < -0.3 is 19.7 Å². The number of rotatable bonds is 7. The zero-order valence-electron chi connectivity index (χ0n) is 17.3. The van der Waals surface area contributed by atoms with Crippen LogP contribution >= 0.6 is 0 Å². The highest BCUT2D eigenvalue weighted by Gasteiger charge is 2.24. The number of alkyl carbamates (subject to hydrolysis) is 1. The Labute approximate surface area is 170 Å². The number of carbonyl (C=O) groups is 2. The van der Waals surface area contributed by atoms with Gasteiger partial charge in [0.15, 0.2) is 11.6 Å². The van der Waals surface area contributed by atoms with Crippen LogP contribution in [-0.4, -0.2) is 48.7 Å². The van der Waals surface area contributed by atoms with Gasteiger partial charge in [0.05, 0.1) is 6.61 Å². The molecule has 1 aliphatic rings. The highest BCUT2D eigenvalue weighted by atomic mass is 19.1. The fraction of sp³-hybridized carbons (Fsp3) is 0.619. The number of likely N-dealkylation sites (tertiary alicyclic amines) is 1. The van der Waals surface area contributed by atoms with Crippen molar-refractivity contribution in [3.63, 3.8) is 0 Å². The molecule has 0 spiro atoms. The average molecular weight is 412 g/mol. The minimum absolute atomic E-state index is 0.0165. The maximum absolute atomic E-state index is 13.5. The van der Waals surface area contributed by atoms with Gasteiger partial charge in [-0.05, 0) is 58.1 Å². The smallest absolute Gasteiger partial charge is 0.407 e. The molecule has 0 aromatic heterocycles. The Morgan fingerprint density at radius 2 is 1.90 bits per heavy atom. The van der Waals surface area contributed by atoms with Crippen LogP contribution < -0.4 is 10.1 Å². The second-order valence-electron chi connectivity index (χ2n) is 8.23. The van der Waals surface area contributed by atoms with Crippen molar-refractivity contribution in [1.82, 2.24) is 10.2 Å². The highest BCUT2D eigenvalue weighted by Crippen LogP contribution is 2.19. The van der Waals surface area contributed by atoms with Gasteiger partial charge in [-0.1, -0.05) is 0 Å². The first kappa shape index (κ1) is 22.9. The number of hydrogen-bond acceptors (Lipinski definition) is 4. The number of carbonyl (C=O) groups excluding carboxylic acids is 2. The van der Waals surface area contributed by atoms with E-state index in [0.717, 1.165) is 25.0 Å². The number of amides is 2. The van der Waals surface area contributed by atoms with Crippen LogP contribution in [0.1, 0.15) is 46.5 Å². The highest BCUT2D eigenvalue weighted by molar-refractivity contribution is 5.76. The van der Waals surface area contributed by atoms with E-state index >= 15 is 0 Å². The van der Waals surface area contributed by atoms with Crippen LogP contribution in [0.15, 0.2) is 18.2 Å². The van der Waals surface area contributed by atoms with Crippen molar-refractivity contribution in [2.45, 2.75) is 52.1 Å². The zero-order valence-corrected chi connectivity index (χ0v) is 17.3. The molecule has 0 saturated carbocycles. The van der Waals surface area contributed by atoms with Crippen LogP contribution in [0, 0.1) is 17.6 Å². The maximum Gasteiger partial charge on any atom is 0.407 e. The number of nitrogens with zero attached hydrogens (tertiary/aromatic N) is 1. The third-order valence-corrected chi connectivity index (χ3v) is 4.59. The van der Waals surface area contributed by atoms with Gasteiger partial charge in [-0.2, -0.15) is 0 Å². The fourth-order valence-electron chi connectivity index (χ4n) is 3.08. The van der Waals surface area contributed by atoms with Crippen molar-refractivity contribution in [3.8, 4) is 5.75 Å². The molecule has 1 saturated heterocycles. The number of piperidine rings is 1. The first-order chi connectivity index (χ1) is 13.6. The minimum atomic E-state index is -0.751. The zero-order chi connectivity index (χ0) is 21.4. The van der Waals surface area contributed by atoms with Gasteiger partial charge in [-0.3, -0.25) is 4.79 Å². The number of hydrogen-bond donors (Lipinski definition) is 1. The largest absolute Gasteiger partial charge is 0.491 e. The molecule has 0 radical (unpaired) electrons. The molecular weight excluding hydrogens is 382 g/mol. The Hall–Kier alpha value is -2.38. The lowest BCUT2D eigenvalue weighted by Crippen LogP contribution is -2.42. The van der Waals surface area contributed by atoms with Gasteiger partial charge in [0.2, 0.25) is 5.91 Å². The van der Waals surface area contributed by atoms with Crippen molar-refractivity contribution in [1.29, 1.82) is 0 Å². The molecule has 0 bridgehead atoms. The molecule has 1 aliphatic heterocycles. The molecule has 2 rings (SSSR count). The minimum Gasteiger partial charge on any atom is -0.491 e. The SMILES string of the molecule is CC(C)(C)OC(=O)NCC1CCN(C(=O)CCCOc2ccc(F)cc2F)CC1. The van der Waals surface area contributed by atoms with E-state index in [1.807, 2.05) is 25.7 Å². The summed E-state index contributed by atoms with van der Waals surface area (Å²) in [6.45, 7) is 7.46. The molecule has 8 heteroatoms. The van der Waals surface area contributed by atoms with E-state index in [9.17, 15) is 18.4 Å². The number of nitrogens with one attached hydrogen (secondary N) is 1. The summed E-state index contributed by atoms with van der Waals surface area (Å²) in [7, 11) is 0. The molecule has 2 amide bonds. The lowest BCUT2D eigenvalue weighted by Gasteiger charge is -2.32. The van der Waals surface area contributed by atoms with E-state index in [2.05, 4.69) is 5.32 Å². The Balaban J connectivity index is 1.61. The van der Waals surface area contributed by atoms with Crippen molar-refractivity contribution in [2.24, 2.45) is 5.92 Å². The molecule has 29 heavy (non-hydrogen) atoms. The van der Waals surface area contributed by atoms with Crippen LogP contribution in [-0.2, 0) is 9.53 Å². The van der Waals surface area contributed by atoms with Crippen LogP contribution in [0.25, 0.3) is 0 Å². The lowest BCUT2D eigenvalue weighted by molar-refractivity contribution is -0.132. The lowest BCUT2D eigenvalue weighted by atomic mass is 9.96. The van der Waals surface area contributed by atoms with Crippen molar-refractivity contribution < 1.29 is 27.8 Å². The van der Waals surface area contributed by atoms with Crippen LogP contribution in [0.5, 0.6) is 5.75 Å². The molecule has 1 aromatic rings. The van der Waals surface area contributed by atoms with Crippen LogP contribution in [0.3, 0.4) is 0 Å². The summed E-state index contributed by atoms with van der Waals surface area (Å²) in [5, 5.41) is 2.78. The molecule has 1 heterocycles. The molecule has 162 valence electrons. The molecule has 0 unspecified atom stereocenters. The predicted octanol–water partition coefficient (Wildman–Crippen LogP) is 3.89. The summed E-state index contributed by atoms with van der Waals surface area (Å²) in [6.07, 6.45) is 1.98. The van der Waals surface area contributed by atoms with Gasteiger partial charge >= 0.3 is 6.09 Å². The first-order valence-electron chi connectivity index (χ1n) is 9.96. The monoisotopic (exact) mass is 412 g/mol. The Morgan fingerprint density at radius 1 is 1.21 bits per heavy atom. The van der Waals surface area contributed by atoms with Crippen molar-refractivity contribution in [2.75, 3.05) is 26.2 Å². The molecule has 0 aliphatic carbocycles. The number of halogens is 2. The molecule has 1 aromatic carbocycles. The molecule has 0 atom stereocenters. The predicted molar refractivity (Wildman–Crippen MR) is 105 cm³/mol. The summed E-state index contributed by atoms with van der Waals surface area (Å²) in [6, 6.07) is 3.14. The van der Waals surface area contributed by atoms with E-state index in [4.69, 9.17) is 9.47 Å². The maximum atomic E-state index is 13.5. The van der Waals surface area contributed by atoms with E-state index in [1.165, 1.54) is 6.07 Å². The summed E-state index contributed by atoms with van der Waals surface area (Å²) in [4.78, 5) is 25.8. The van der Waals surface area contributed by atoms with Crippen LogP contribution in [0.4, 0.5) is 13.6 Å².